The monoisotopic (exact) mass is 301 g/mol. The van der Waals surface area contributed by atoms with Gasteiger partial charge in [-0.2, -0.15) is 5.26 Å². The fourth-order valence-corrected chi connectivity index (χ4v) is 2.45. The first-order valence-corrected chi connectivity index (χ1v) is 7.26. The molecule has 0 aliphatic rings. The van der Waals surface area contributed by atoms with E-state index in [4.69, 9.17) is 10.00 Å². The van der Waals surface area contributed by atoms with Crippen molar-refractivity contribution in [1.29, 1.82) is 5.26 Å². The van der Waals surface area contributed by atoms with Crippen molar-refractivity contribution in [2.24, 2.45) is 0 Å². The summed E-state index contributed by atoms with van der Waals surface area (Å²) < 4.78 is 5.55. The number of nitriles is 1. The largest absolute Gasteiger partial charge is 0.480 e. The summed E-state index contributed by atoms with van der Waals surface area (Å²) in [4.78, 5) is 17.1. The van der Waals surface area contributed by atoms with E-state index in [1.165, 1.54) is 0 Å². The van der Waals surface area contributed by atoms with Crippen LogP contribution in [0.15, 0.2) is 30.5 Å². The number of thiazole rings is 1. The lowest BCUT2D eigenvalue weighted by Gasteiger charge is -2.15. The van der Waals surface area contributed by atoms with Gasteiger partial charge in [-0.15, -0.1) is 11.3 Å². The maximum absolute atomic E-state index is 12.0. The average Bonchev–Trinajstić information content (AvgIpc) is 2.91. The standard InChI is InChI=1S/C15H15N3O2S/c1-10(20-14-6-4-3-5-12(14)7-16)15(19)18-9-13-8-17-11(2)21-13/h3-6,8,10H,9H2,1-2H3,(H,18,19). The quantitative estimate of drug-likeness (QED) is 0.920. The number of aromatic nitrogens is 1. The van der Waals surface area contributed by atoms with Crippen LogP contribution in [-0.2, 0) is 11.3 Å². The zero-order valence-corrected chi connectivity index (χ0v) is 12.6. The number of benzene rings is 1. The highest BCUT2D eigenvalue weighted by Crippen LogP contribution is 2.18. The fraction of sp³-hybridized carbons (Fsp3) is 0.267. The Morgan fingerprint density at radius 1 is 1.52 bits per heavy atom. The van der Waals surface area contributed by atoms with E-state index in [9.17, 15) is 4.79 Å². The molecule has 0 saturated carbocycles. The predicted octanol–water partition coefficient (Wildman–Crippen LogP) is 2.41. The molecule has 0 spiro atoms. The van der Waals surface area contributed by atoms with Crippen molar-refractivity contribution < 1.29 is 9.53 Å². The van der Waals surface area contributed by atoms with Gasteiger partial charge in [0.25, 0.3) is 5.91 Å². The number of aryl methyl sites for hydroxylation is 1. The van der Waals surface area contributed by atoms with Gasteiger partial charge in [0, 0.05) is 11.1 Å². The van der Waals surface area contributed by atoms with Crippen molar-refractivity contribution >= 4 is 17.2 Å². The van der Waals surface area contributed by atoms with E-state index in [1.807, 2.05) is 13.0 Å². The normalized spacial score (nSPS) is 11.5. The highest BCUT2D eigenvalue weighted by atomic mass is 32.1. The highest BCUT2D eigenvalue weighted by Gasteiger charge is 2.16. The molecule has 1 N–H and O–H groups in total. The maximum atomic E-state index is 12.0. The molecule has 108 valence electrons. The molecule has 0 radical (unpaired) electrons. The number of hydrogen-bond donors (Lipinski definition) is 1. The van der Waals surface area contributed by atoms with Gasteiger partial charge in [0.1, 0.15) is 11.8 Å². The minimum absolute atomic E-state index is 0.228. The van der Waals surface area contributed by atoms with Gasteiger partial charge in [0.15, 0.2) is 6.10 Å². The summed E-state index contributed by atoms with van der Waals surface area (Å²) in [5.41, 5.74) is 0.412. The van der Waals surface area contributed by atoms with Crippen molar-refractivity contribution in [3.63, 3.8) is 0 Å². The second-order valence-electron chi connectivity index (χ2n) is 4.43. The molecule has 21 heavy (non-hydrogen) atoms. The van der Waals surface area contributed by atoms with Crippen LogP contribution in [0.25, 0.3) is 0 Å². The molecular weight excluding hydrogens is 286 g/mol. The fourth-order valence-electron chi connectivity index (χ4n) is 1.71. The van der Waals surface area contributed by atoms with Crippen LogP contribution < -0.4 is 10.1 Å². The third-order valence-corrected chi connectivity index (χ3v) is 3.70. The van der Waals surface area contributed by atoms with Gasteiger partial charge in [0.2, 0.25) is 0 Å². The Labute approximate surface area is 127 Å². The molecule has 1 amide bonds. The number of rotatable bonds is 5. The number of nitrogens with one attached hydrogen (secondary N) is 1. The number of carbonyl (C=O) groups excluding carboxylic acids is 1. The van der Waals surface area contributed by atoms with E-state index in [0.717, 1.165) is 9.88 Å². The van der Waals surface area contributed by atoms with Gasteiger partial charge in [0.05, 0.1) is 17.1 Å². The Balaban J connectivity index is 1.92. The van der Waals surface area contributed by atoms with E-state index in [2.05, 4.69) is 10.3 Å². The Morgan fingerprint density at radius 2 is 2.29 bits per heavy atom. The zero-order valence-electron chi connectivity index (χ0n) is 11.8. The average molecular weight is 301 g/mol. The Hall–Kier alpha value is -2.39. The maximum Gasteiger partial charge on any atom is 0.261 e. The molecule has 0 bridgehead atoms. The molecule has 0 saturated heterocycles. The van der Waals surface area contributed by atoms with Crippen LogP contribution in [0.5, 0.6) is 5.75 Å². The van der Waals surface area contributed by atoms with Crippen LogP contribution in [0.3, 0.4) is 0 Å². The first kappa shape index (κ1) is 15.0. The number of carbonyl (C=O) groups is 1. The topological polar surface area (TPSA) is 75.0 Å². The molecule has 0 aliphatic heterocycles. The van der Waals surface area contributed by atoms with E-state index in [0.29, 0.717) is 17.9 Å². The lowest BCUT2D eigenvalue weighted by molar-refractivity contribution is -0.127. The van der Waals surface area contributed by atoms with Gasteiger partial charge in [-0.05, 0) is 26.0 Å². The number of ether oxygens (including phenoxy) is 1. The number of hydrogen-bond acceptors (Lipinski definition) is 5. The Kier molecular flexibility index (Phi) is 4.90. The van der Waals surface area contributed by atoms with Crippen molar-refractivity contribution in [3.05, 3.63) is 45.9 Å². The van der Waals surface area contributed by atoms with Gasteiger partial charge in [-0.3, -0.25) is 4.79 Å². The first-order chi connectivity index (χ1) is 10.1. The summed E-state index contributed by atoms with van der Waals surface area (Å²) in [6.45, 7) is 4.00. The number of nitrogens with zero attached hydrogens (tertiary/aromatic N) is 2. The molecule has 6 heteroatoms. The Morgan fingerprint density at radius 3 is 2.95 bits per heavy atom. The summed E-state index contributed by atoms with van der Waals surface area (Å²) in [6, 6.07) is 8.88. The van der Waals surface area contributed by atoms with Gasteiger partial charge >= 0.3 is 0 Å². The minimum atomic E-state index is -0.673. The summed E-state index contributed by atoms with van der Waals surface area (Å²) in [5, 5.41) is 12.7. The lowest BCUT2D eigenvalue weighted by Crippen LogP contribution is -2.35. The molecule has 1 unspecified atom stereocenters. The smallest absolute Gasteiger partial charge is 0.261 e. The molecule has 0 aliphatic carbocycles. The van der Waals surface area contributed by atoms with Crippen LogP contribution in [0.4, 0.5) is 0 Å². The third kappa shape index (κ3) is 4.04. The molecule has 1 aromatic heterocycles. The van der Waals surface area contributed by atoms with E-state index in [-0.39, 0.29) is 5.91 Å². The molecule has 2 aromatic rings. The van der Waals surface area contributed by atoms with Gasteiger partial charge < -0.3 is 10.1 Å². The molecule has 0 fully saturated rings. The SMILES string of the molecule is Cc1ncc(CNC(=O)C(C)Oc2ccccc2C#N)s1. The molecule has 5 nitrogen and oxygen atoms in total. The third-order valence-electron chi connectivity index (χ3n) is 2.79. The van der Waals surface area contributed by atoms with Crippen molar-refractivity contribution in [1.82, 2.24) is 10.3 Å². The summed E-state index contributed by atoms with van der Waals surface area (Å²) >= 11 is 1.54. The lowest BCUT2D eigenvalue weighted by atomic mass is 10.2. The molecule has 1 heterocycles. The van der Waals surface area contributed by atoms with Crippen LogP contribution in [0, 0.1) is 18.3 Å². The zero-order chi connectivity index (χ0) is 15.2. The van der Waals surface area contributed by atoms with Crippen molar-refractivity contribution in [3.8, 4) is 11.8 Å². The minimum Gasteiger partial charge on any atom is -0.480 e. The second kappa shape index (κ2) is 6.86. The molecule has 1 aromatic carbocycles. The van der Waals surface area contributed by atoms with Crippen LogP contribution in [-0.4, -0.2) is 17.0 Å². The van der Waals surface area contributed by atoms with Crippen LogP contribution >= 0.6 is 11.3 Å². The van der Waals surface area contributed by atoms with Gasteiger partial charge in [-0.25, -0.2) is 4.98 Å². The van der Waals surface area contributed by atoms with E-state index < -0.39 is 6.10 Å². The van der Waals surface area contributed by atoms with E-state index in [1.54, 1.807) is 48.7 Å². The highest BCUT2D eigenvalue weighted by molar-refractivity contribution is 7.11. The molecular formula is C15H15N3O2S. The van der Waals surface area contributed by atoms with Crippen molar-refractivity contribution in [2.45, 2.75) is 26.5 Å². The summed E-state index contributed by atoms with van der Waals surface area (Å²) in [7, 11) is 0. The first-order valence-electron chi connectivity index (χ1n) is 6.45. The second-order valence-corrected chi connectivity index (χ2v) is 5.75. The number of amides is 1. The number of para-hydroxylation sites is 1. The Bertz CT molecular complexity index is 676. The predicted molar refractivity (Wildman–Crippen MR) is 79.9 cm³/mol. The van der Waals surface area contributed by atoms with Crippen LogP contribution in [0.2, 0.25) is 0 Å². The van der Waals surface area contributed by atoms with Crippen molar-refractivity contribution in [2.75, 3.05) is 0 Å². The van der Waals surface area contributed by atoms with Crippen LogP contribution in [0.1, 0.15) is 22.4 Å². The molecule has 2 rings (SSSR count). The summed E-state index contributed by atoms with van der Waals surface area (Å²) in [6.07, 6.45) is 1.07. The summed E-state index contributed by atoms with van der Waals surface area (Å²) in [5.74, 6) is 0.185. The van der Waals surface area contributed by atoms with E-state index >= 15 is 0 Å². The molecule has 1 atom stereocenters. The van der Waals surface area contributed by atoms with Gasteiger partial charge in [-0.1, -0.05) is 12.1 Å².